The summed E-state index contributed by atoms with van der Waals surface area (Å²) in [6.07, 6.45) is 1.65. The van der Waals surface area contributed by atoms with Crippen molar-refractivity contribution in [1.29, 1.82) is 0 Å². The van der Waals surface area contributed by atoms with Gasteiger partial charge in [-0.2, -0.15) is 0 Å². The van der Waals surface area contributed by atoms with Crippen LogP contribution < -0.4 is 4.74 Å². The summed E-state index contributed by atoms with van der Waals surface area (Å²) >= 11 is 5.83. The number of fused-ring (bicyclic) bond motifs is 1. The van der Waals surface area contributed by atoms with E-state index >= 15 is 0 Å². The van der Waals surface area contributed by atoms with Gasteiger partial charge in [-0.3, -0.25) is 0 Å². The Kier molecular flexibility index (Phi) is 7.19. The number of pyridine rings is 1. The van der Waals surface area contributed by atoms with E-state index in [1.807, 2.05) is 36.4 Å². The maximum atomic E-state index is 14.1. The van der Waals surface area contributed by atoms with Crippen LogP contribution in [0.3, 0.4) is 0 Å². The normalized spacial score (nSPS) is 14.7. The minimum Gasteiger partial charge on any atom is -0.478 e. The minimum atomic E-state index is -0.966. The highest BCUT2D eigenvalue weighted by Gasteiger charge is 2.22. The Morgan fingerprint density at radius 3 is 2.62 bits per heavy atom. The van der Waals surface area contributed by atoms with Gasteiger partial charge in [0.1, 0.15) is 18.2 Å². The fourth-order valence-corrected chi connectivity index (χ4v) is 4.86. The molecule has 3 aromatic carbocycles. The lowest BCUT2D eigenvalue weighted by atomic mass is 10.1. The van der Waals surface area contributed by atoms with Gasteiger partial charge in [0.2, 0.25) is 5.88 Å². The second-order valence-electron chi connectivity index (χ2n) is 9.69. The Bertz CT molecular complexity index is 1700. The first-order valence-corrected chi connectivity index (χ1v) is 13.3. The number of nitrogens with zero attached hydrogens (tertiary/aromatic N) is 3. The summed E-state index contributed by atoms with van der Waals surface area (Å²) < 4.78 is 27.6. The molecule has 40 heavy (non-hydrogen) atoms. The fraction of sp³-hybridized carbons (Fsp3) is 0.194. The Hall–Kier alpha value is -4.27. The Balaban J connectivity index is 1.20. The van der Waals surface area contributed by atoms with Crippen molar-refractivity contribution < 1.29 is 23.8 Å². The lowest BCUT2D eigenvalue weighted by molar-refractivity contribution is -0.0589. The molecule has 7 nitrogen and oxygen atoms in total. The second-order valence-corrected chi connectivity index (χ2v) is 10.1. The van der Waals surface area contributed by atoms with Crippen LogP contribution in [0.4, 0.5) is 4.39 Å². The van der Waals surface area contributed by atoms with Gasteiger partial charge < -0.3 is 19.1 Å². The standard InChI is InChI=1S/C31H25ClFN3O4/c32-23-10-8-22(25(33)16-23)18-40-30-3-1-2-26(35-30)20-6-4-19(5-7-20)14-29-34-27-11-9-21(31(37)38)15-28(27)36(29)17-24-12-13-39-24/h1-11,15-16,24H,12-14,17-18H2,(H,37,38). The maximum Gasteiger partial charge on any atom is 0.335 e. The van der Waals surface area contributed by atoms with Gasteiger partial charge in [-0.05, 0) is 48.4 Å². The molecule has 2 aromatic heterocycles. The van der Waals surface area contributed by atoms with Crippen molar-refractivity contribution in [1.82, 2.24) is 14.5 Å². The van der Waals surface area contributed by atoms with Crippen LogP contribution in [-0.2, 0) is 24.3 Å². The van der Waals surface area contributed by atoms with Crippen LogP contribution in [0.2, 0.25) is 5.02 Å². The molecule has 1 saturated heterocycles. The summed E-state index contributed by atoms with van der Waals surface area (Å²) in [5.41, 5.74) is 4.88. The van der Waals surface area contributed by atoms with Crippen molar-refractivity contribution in [3.8, 4) is 17.1 Å². The Labute approximate surface area is 234 Å². The number of ether oxygens (including phenoxy) is 2. The first-order chi connectivity index (χ1) is 19.4. The lowest BCUT2D eigenvalue weighted by Crippen LogP contribution is -2.31. The van der Waals surface area contributed by atoms with E-state index in [1.165, 1.54) is 6.07 Å². The maximum absolute atomic E-state index is 14.1. The molecular formula is C31H25ClFN3O4. The topological polar surface area (TPSA) is 86.5 Å². The average Bonchev–Trinajstić information content (AvgIpc) is 3.26. The zero-order chi connectivity index (χ0) is 27.6. The Morgan fingerprint density at radius 1 is 1.07 bits per heavy atom. The molecule has 0 saturated carbocycles. The number of benzene rings is 3. The zero-order valence-corrected chi connectivity index (χ0v) is 22.1. The molecule has 0 spiro atoms. The van der Waals surface area contributed by atoms with E-state index in [-0.39, 0.29) is 18.3 Å². The first kappa shape index (κ1) is 26.0. The molecule has 1 fully saturated rings. The predicted octanol–water partition coefficient (Wildman–Crippen LogP) is 6.55. The number of rotatable bonds is 9. The molecule has 1 aliphatic heterocycles. The summed E-state index contributed by atoms with van der Waals surface area (Å²) in [5, 5.41) is 9.80. The van der Waals surface area contributed by atoms with Crippen LogP contribution in [0.25, 0.3) is 22.3 Å². The van der Waals surface area contributed by atoms with Crippen LogP contribution in [-0.4, -0.2) is 38.3 Å². The molecule has 1 N–H and O–H groups in total. The molecule has 0 aliphatic carbocycles. The molecule has 3 heterocycles. The molecule has 202 valence electrons. The van der Waals surface area contributed by atoms with Gasteiger partial charge in [0.05, 0.1) is 34.9 Å². The largest absolute Gasteiger partial charge is 0.478 e. The van der Waals surface area contributed by atoms with Gasteiger partial charge in [0, 0.05) is 35.2 Å². The number of carboxylic acid groups (broad SMARTS) is 1. The summed E-state index contributed by atoms with van der Waals surface area (Å²) in [6, 6.07) is 23.0. The van der Waals surface area contributed by atoms with Gasteiger partial charge in [0.25, 0.3) is 0 Å². The first-order valence-electron chi connectivity index (χ1n) is 12.9. The van der Waals surface area contributed by atoms with E-state index < -0.39 is 11.8 Å². The van der Waals surface area contributed by atoms with E-state index in [2.05, 4.69) is 9.55 Å². The molecule has 1 aliphatic rings. The number of carbonyl (C=O) groups is 1. The molecule has 9 heteroatoms. The molecule has 0 amide bonds. The van der Waals surface area contributed by atoms with Crippen molar-refractivity contribution in [3.05, 3.63) is 112 Å². The summed E-state index contributed by atoms with van der Waals surface area (Å²) in [5.74, 6) is -0.144. The van der Waals surface area contributed by atoms with E-state index in [9.17, 15) is 14.3 Å². The minimum absolute atomic E-state index is 0.0409. The highest BCUT2D eigenvalue weighted by molar-refractivity contribution is 6.30. The van der Waals surface area contributed by atoms with Crippen LogP contribution in [0, 0.1) is 5.82 Å². The highest BCUT2D eigenvalue weighted by Crippen LogP contribution is 2.26. The molecular weight excluding hydrogens is 533 g/mol. The van der Waals surface area contributed by atoms with Crippen molar-refractivity contribution in [2.75, 3.05) is 6.61 Å². The van der Waals surface area contributed by atoms with Crippen molar-refractivity contribution in [2.24, 2.45) is 0 Å². The number of hydrogen-bond donors (Lipinski definition) is 1. The van der Waals surface area contributed by atoms with Crippen molar-refractivity contribution in [2.45, 2.75) is 32.1 Å². The van der Waals surface area contributed by atoms with Crippen LogP contribution in [0.15, 0.2) is 78.9 Å². The van der Waals surface area contributed by atoms with E-state index in [1.54, 1.807) is 36.4 Å². The molecule has 1 atom stereocenters. The van der Waals surface area contributed by atoms with Gasteiger partial charge in [-0.25, -0.2) is 19.2 Å². The number of hydrogen-bond acceptors (Lipinski definition) is 5. The van der Waals surface area contributed by atoms with E-state index in [0.29, 0.717) is 29.4 Å². The van der Waals surface area contributed by atoms with Crippen LogP contribution in [0.5, 0.6) is 5.88 Å². The summed E-state index contributed by atoms with van der Waals surface area (Å²) in [4.78, 5) is 21.0. The van der Waals surface area contributed by atoms with Gasteiger partial charge in [0.15, 0.2) is 0 Å². The van der Waals surface area contributed by atoms with Gasteiger partial charge in [-0.15, -0.1) is 0 Å². The summed E-state index contributed by atoms with van der Waals surface area (Å²) in [6.45, 7) is 1.41. The third-order valence-electron chi connectivity index (χ3n) is 6.98. The highest BCUT2D eigenvalue weighted by atomic mass is 35.5. The predicted molar refractivity (Wildman–Crippen MR) is 149 cm³/mol. The van der Waals surface area contributed by atoms with Gasteiger partial charge >= 0.3 is 5.97 Å². The average molecular weight is 558 g/mol. The zero-order valence-electron chi connectivity index (χ0n) is 21.4. The molecule has 0 bridgehead atoms. The number of aromatic carboxylic acids is 1. The monoisotopic (exact) mass is 557 g/mol. The third kappa shape index (κ3) is 5.54. The number of halogens is 2. The number of carboxylic acids is 1. The molecule has 6 rings (SSSR count). The second kappa shape index (κ2) is 11.1. The smallest absolute Gasteiger partial charge is 0.335 e. The van der Waals surface area contributed by atoms with E-state index in [4.69, 9.17) is 26.1 Å². The fourth-order valence-electron chi connectivity index (χ4n) is 4.70. The lowest BCUT2D eigenvalue weighted by Gasteiger charge is -2.27. The van der Waals surface area contributed by atoms with Crippen LogP contribution >= 0.6 is 11.6 Å². The molecule has 1 unspecified atom stereocenters. The summed E-state index contributed by atoms with van der Waals surface area (Å²) in [7, 11) is 0. The van der Waals surface area contributed by atoms with Gasteiger partial charge in [-0.1, -0.05) is 48.0 Å². The molecule has 0 radical (unpaired) electrons. The number of imidazole rings is 1. The SMILES string of the molecule is O=C(O)c1ccc2nc(Cc3ccc(-c4cccc(OCc5ccc(Cl)cc5F)n4)cc3)n(CC3CCO3)c2c1. The molecule has 5 aromatic rings. The Morgan fingerprint density at radius 2 is 1.90 bits per heavy atom. The van der Waals surface area contributed by atoms with Crippen molar-refractivity contribution >= 4 is 28.6 Å². The quantitative estimate of drug-likeness (QED) is 0.221. The van der Waals surface area contributed by atoms with Crippen LogP contribution in [0.1, 0.15) is 33.7 Å². The number of aromatic nitrogens is 3. The third-order valence-corrected chi connectivity index (χ3v) is 7.22. The van der Waals surface area contributed by atoms with Crippen molar-refractivity contribution in [3.63, 3.8) is 0 Å². The van der Waals surface area contributed by atoms with E-state index in [0.717, 1.165) is 46.7 Å².